The predicted octanol–water partition coefficient (Wildman–Crippen LogP) is 3.15. The average molecular weight is 333 g/mol. The number of benzene rings is 2. The summed E-state index contributed by atoms with van der Waals surface area (Å²) >= 11 is 5.78. The first-order valence-electron chi connectivity index (χ1n) is 6.40. The molecule has 2 aromatic carbocycles. The largest absolute Gasteiger partial charge is 0.504 e. The number of hydrogen-bond acceptors (Lipinski definition) is 5. The van der Waals surface area contributed by atoms with Gasteiger partial charge in [0.25, 0.3) is 11.6 Å². The normalized spacial score (nSPS) is 14.7. The van der Waals surface area contributed by atoms with Crippen molar-refractivity contribution >= 4 is 40.5 Å². The molecule has 0 spiro atoms. The van der Waals surface area contributed by atoms with Crippen LogP contribution in [0.25, 0.3) is 11.6 Å². The molecule has 3 rings (SSSR count). The summed E-state index contributed by atoms with van der Waals surface area (Å²) in [6.07, 6.45) is 1.43. The summed E-state index contributed by atoms with van der Waals surface area (Å²) in [6.45, 7) is 0. The van der Waals surface area contributed by atoms with Gasteiger partial charge >= 0.3 is 0 Å². The number of nitro groups is 1. The van der Waals surface area contributed by atoms with E-state index in [1.807, 2.05) is 0 Å². The number of nitro benzene ring substituents is 1. The Hall–Kier alpha value is -3.06. The third-order valence-electron chi connectivity index (χ3n) is 3.37. The number of phenolic OH excluding ortho intramolecular Hbond substituents is 2. The van der Waals surface area contributed by atoms with Gasteiger partial charge in [-0.1, -0.05) is 11.6 Å². The highest BCUT2D eigenvalue weighted by atomic mass is 35.5. The van der Waals surface area contributed by atoms with Gasteiger partial charge < -0.3 is 15.5 Å². The van der Waals surface area contributed by atoms with Crippen molar-refractivity contribution in [3.8, 4) is 11.5 Å². The van der Waals surface area contributed by atoms with Crippen LogP contribution in [0.1, 0.15) is 11.1 Å². The fourth-order valence-electron chi connectivity index (χ4n) is 2.29. The summed E-state index contributed by atoms with van der Waals surface area (Å²) in [5.74, 6) is -1.31. The molecule has 0 fully saturated rings. The predicted molar refractivity (Wildman–Crippen MR) is 84.4 cm³/mol. The molecule has 0 saturated carbocycles. The van der Waals surface area contributed by atoms with Crippen LogP contribution in [0.15, 0.2) is 30.3 Å². The molecule has 0 bridgehead atoms. The molecule has 0 radical (unpaired) electrons. The van der Waals surface area contributed by atoms with Crippen LogP contribution in [0.5, 0.6) is 11.5 Å². The van der Waals surface area contributed by atoms with Crippen molar-refractivity contribution in [1.29, 1.82) is 0 Å². The molecule has 8 heteroatoms. The highest BCUT2D eigenvalue weighted by Crippen LogP contribution is 2.38. The minimum absolute atomic E-state index is 0.0745. The summed E-state index contributed by atoms with van der Waals surface area (Å²) in [5, 5.41) is 32.4. The monoisotopic (exact) mass is 332 g/mol. The van der Waals surface area contributed by atoms with E-state index in [0.717, 1.165) is 0 Å². The first kappa shape index (κ1) is 14.9. The topological polar surface area (TPSA) is 113 Å². The smallest absolute Gasteiger partial charge is 0.270 e. The molecule has 7 nitrogen and oxygen atoms in total. The Morgan fingerprint density at radius 3 is 2.61 bits per heavy atom. The van der Waals surface area contributed by atoms with Crippen LogP contribution >= 0.6 is 11.6 Å². The maximum Gasteiger partial charge on any atom is 0.270 e. The molecule has 0 aromatic heterocycles. The third kappa shape index (κ3) is 2.58. The number of halogens is 1. The van der Waals surface area contributed by atoms with E-state index in [1.165, 1.54) is 36.4 Å². The fourth-order valence-corrected chi connectivity index (χ4v) is 2.51. The molecular weight excluding hydrogens is 324 g/mol. The van der Waals surface area contributed by atoms with E-state index >= 15 is 0 Å². The standard InChI is InChI=1S/C15H9ClN2O5/c16-11-4-7(5-13(19)14(11)20)3-10-9-6-8(18(22)23)1-2-12(9)17-15(10)21/h1-6,19-20H,(H,17,21)/b10-3-. The number of non-ortho nitro benzene ring substituents is 1. The molecule has 1 heterocycles. The van der Waals surface area contributed by atoms with Crippen molar-refractivity contribution in [1.82, 2.24) is 0 Å². The van der Waals surface area contributed by atoms with E-state index in [4.69, 9.17) is 11.6 Å². The lowest BCUT2D eigenvalue weighted by atomic mass is 10.0. The van der Waals surface area contributed by atoms with Crippen LogP contribution in [0, 0.1) is 10.1 Å². The van der Waals surface area contributed by atoms with Gasteiger partial charge in [0.1, 0.15) is 0 Å². The molecule has 0 atom stereocenters. The van der Waals surface area contributed by atoms with Crippen LogP contribution in [0.4, 0.5) is 11.4 Å². The Bertz CT molecular complexity index is 868. The van der Waals surface area contributed by atoms with Gasteiger partial charge in [0.15, 0.2) is 11.5 Å². The quantitative estimate of drug-likeness (QED) is 0.338. The van der Waals surface area contributed by atoms with E-state index in [9.17, 15) is 25.1 Å². The van der Waals surface area contributed by atoms with Crippen LogP contribution in [0.3, 0.4) is 0 Å². The van der Waals surface area contributed by atoms with Crippen molar-refractivity contribution < 1.29 is 19.9 Å². The van der Waals surface area contributed by atoms with E-state index in [-0.39, 0.29) is 16.3 Å². The van der Waals surface area contributed by atoms with Gasteiger partial charge in [0, 0.05) is 29.0 Å². The Kier molecular flexibility index (Phi) is 3.42. The first-order valence-corrected chi connectivity index (χ1v) is 6.78. The number of amides is 1. The van der Waals surface area contributed by atoms with E-state index in [1.54, 1.807) is 0 Å². The number of rotatable bonds is 2. The number of carbonyl (C=O) groups excluding carboxylic acids is 1. The summed E-state index contributed by atoms with van der Waals surface area (Å²) in [4.78, 5) is 22.4. The molecule has 3 N–H and O–H groups in total. The van der Waals surface area contributed by atoms with Crippen LogP contribution in [0.2, 0.25) is 5.02 Å². The Balaban J connectivity index is 2.13. The number of aromatic hydroxyl groups is 2. The number of phenols is 2. The molecule has 0 aliphatic carbocycles. The van der Waals surface area contributed by atoms with Gasteiger partial charge in [-0.3, -0.25) is 14.9 Å². The lowest BCUT2D eigenvalue weighted by molar-refractivity contribution is -0.384. The van der Waals surface area contributed by atoms with Crippen LogP contribution in [-0.4, -0.2) is 21.0 Å². The van der Waals surface area contributed by atoms with Crippen molar-refractivity contribution in [3.05, 3.63) is 56.6 Å². The third-order valence-corrected chi connectivity index (χ3v) is 3.66. The summed E-state index contributed by atoms with van der Waals surface area (Å²) in [5.41, 5.74) is 1.27. The van der Waals surface area contributed by atoms with Crippen molar-refractivity contribution in [2.24, 2.45) is 0 Å². The average Bonchev–Trinajstić information content (AvgIpc) is 2.80. The zero-order chi connectivity index (χ0) is 16.7. The van der Waals surface area contributed by atoms with Gasteiger partial charge in [-0.25, -0.2) is 0 Å². The molecular formula is C15H9ClN2O5. The van der Waals surface area contributed by atoms with E-state index < -0.39 is 22.3 Å². The number of nitrogens with zero attached hydrogens (tertiary/aromatic N) is 1. The maximum absolute atomic E-state index is 12.1. The maximum atomic E-state index is 12.1. The lowest BCUT2D eigenvalue weighted by Crippen LogP contribution is -2.03. The van der Waals surface area contributed by atoms with Crippen molar-refractivity contribution in [2.75, 3.05) is 5.32 Å². The SMILES string of the molecule is O=C1Nc2ccc([N+](=O)[O-])cc2/C1=C/c1cc(O)c(O)c(Cl)c1. The summed E-state index contributed by atoms with van der Waals surface area (Å²) < 4.78 is 0. The second-order valence-corrected chi connectivity index (χ2v) is 5.28. The number of anilines is 1. The zero-order valence-electron chi connectivity index (χ0n) is 11.4. The highest BCUT2D eigenvalue weighted by molar-refractivity contribution is 6.35. The molecule has 0 unspecified atom stereocenters. The second-order valence-electron chi connectivity index (χ2n) is 4.87. The Labute approximate surface area is 134 Å². The molecule has 0 saturated heterocycles. The summed E-state index contributed by atoms with van der Waals surface area (Å²) in [6, 6.07) is 6.64. The molecule has 23 heavy (non-hydrogen) atoms. The number of fused-ring (bicyclic) bond motifs is 1. The van der Waals surface area contributed by atoms with E-state index in [0.29, 0.717) is 16.8 Å². The van der Waals surface area contributed by atoms with Crippen LogP contribution < -0.4 is 5.32 Å². The van der Waals surface area contributed by atoms with Gasteiger partial charge in [-0.05, 0) is 29.8 Å². The van der Waals surface area contributed by atoms with Gasteiger partial charge in [-0.2, -0.15) is 0 Å². The lowest BCUT2D eigenvalue weighted by Gasteiger charge is -2.03. The molecule has 1 aliphatic heterocycles. The highest BCUT2D eigenvalue weighted by Gasteiger charge is 2.26. The minimum atomic E-state index is -0.552. The van der Waals surface area contributed by atoms with Gasteiger partial charge in [0.05, 0.1) is 9.95 Å². The molecule has 2 aromatic rings. The molecule has 116 valence electrons. The second kappa shape index (κ2) is 5.29. The van der Waals surface area contributed by atoms with Crippen molar-refractivity contribution in [3.63, 3.8) is 0 Å². The fraction of sp³-hybridized carbons (Fsp3) is 0. The van der Waals surface area contributed by atoms with Crippen molar-refractivity contribution in [2.45, 2.75) is 0 Å². The Morgan fingerprint density at radius 2 is 1.96 bits per heavy atom. The zero-order valence-corrected chi connectivity index (χ0v) is 12.2. The Morgan fingerprint density at radius 1 is 1.22 bits per heavy atom. The minimum Gasteiger partial charge on any atom is -0.504 e. The first-order chi connectivity index (χ1) is 10.9. The van der Waals surface area contributed by atoms with Crippen LogP contribution in [-0.2, 0) is 4.79 Å². The van der Waals surface area contributed by atoms with Gasteiger partial charge in [0.2, 0.25) is 0 Å². The molecule has 1 aliphatic rings. The number of hydrogen-bond donors (Lipinski definition) is 3. The molecule has 1 amide bonds. The summed E-state index contributed by atoms with van der Waals surface area (Å²) in [7, 11) is 0. The van der Waals surface area contributed by atoms with E-state index in [2.05, 4.69) is 5.32 Å². The van der Waals surface area contributed by atoms with Gasteiger partial charge in [-0.15, -0.1) is 0 Å². The number of carbonyl (C=O) groups is 1. The number of nitrogens with one attached hydrogen (secondary N) is 1.